The normalized spacial score (nSPS) is 18.9. The van der Waals surface area contributed by atoms with Gasteiger partial charge in [0.25, 0.3) is 0 Å². The summed E-state index contributed by atoms with van der Waals surface area (Å²) in [4.78, 5) is 0. The molecule has 12 heavy (non-hydrogen) atoms. The first-order valence-electron chi connectivity index (χ1n) is 4.54. The predicted octanol–water partition coefficient (Wildman–Crippen LogP) is 1.40. The summed E-state index contributed by atoms with van der Waals surface area (Å²) in [6.45, 7) is 7.04. The summed E-state index contributed by atoms with van der Waals surface area (Å²) in [6, 6.07) is 0.500. The van der Waals surface area contributed by atoms with Crippen LogP contribution >= 0.6 is 0 Å². The Morgan fingerprint density at radius 1 is 1.33 bits per heavy atom. The highest BCUT2D eigenvalue weighted by Gasteiger charge is 2.08. The minimum Gasteiger partial charge on any atom is -0.400 e. The first-order valence-corrected chi connectivity index (χ1v) is 4.54. The molecule has 0 aromatic rings. The van der Waals surface area contributed by atoms with Gasteiger partial charge in [0.15, 0.2) is 0 Å². The van der Waals surface area contributed by atoms with Crippen LogP contribution in [0.1, 0.15) is 33.6 Å². The van der Waals surface area contributed by atoms with E-state index in [4.69, 9.17) is 5.11 Å². The van der Waals surface area contributed by atoms with Crippen molar-refractivity contribution in [3.63, 3.8) is 0 Å². The Kier molecular flexibility index (Phi) is 15.3. The number of rotatable bonds is 0. The fraction of sp³-hybridized carbons (Fsp3) is 0.800. The molecule has 0 spiro atoms. The van der Waals surface area contributed by atoms with E-state index in [9.17, 15) is 0 Å². The molecule has 1 heterocycles. The maximum absolute atomic E-state index is 7.00. The third-order valence-corrected chi connectivity index (χ3v) is 1.38. The van der Waals surface area contributed by atoms with E-state index in [-0.39, 0.29) is 0 Å². The summed E-state index contributed by atoms with van der Waals surface area (Å²) in [6.07, 6.45) is 2.53. The number of hydrogen-bond donors (Lipinski definition) is 2. The fourth-order valence-electron chi connectivity index (χ4n) is 0.982. The van der Waals surface area contributed by atoms with Gasteiger partial charge in [0.2, 0.25) is 0 Å². The standard InChI is InChI=1S/C7H11N.C2H6.CH4O/c1-2-4-7-5-3-6-8-7;2*1-2/h7-8H,3,5-6H2,1H3;1-2H3;2H,1H3. The van der Waals surface area contributed by atoms with E-state index < -0.39 is 0 Å². The highest BCUT2D eigenvalue weighted by atomic mass is 16.2. The van der Waals surface area contributed by atoms with Crippen molar-refractivity contribution in [2.45, 2.75) is 39.7 Å². The van der Waals surface area contributed by atoms with Crippen molar-refractivity contribution in [2.24, 2.45) is 0 Å². The van der Waals surface area contributed by atoms with Crippen molar-refractivity contribution >= 4 is 0 Å². The van der Waals surface area contributed by atoms with E-state index in [0.717, 1.165) is 13.7 Å². The molecule has 0 amide bonds. The first-order chi connectivity index (χ1) is 5.93. The maximum atomic E-state index is 7.00. The Bertz CT molecular complexity index is 118. The van der Waals surface area contributed by atoms with Gasteiger partial charge in [0.05, 0.1) is 6.04 Å². The van der Waals surface area contributed by atoms with Gasteiger partial charge in [-0.1, -0.05) is 19.8 Å². The van der Waals surface area contributed by atoms with E-state index in [2.05, 4.69) is 17.2 Å². The Morgan fingerprint density at radius 2 is 1.92 bits per heavy atom. The second-order valence-electron chi connectivity index (χ2n) is 2.04. The van der Waals surface area contributed by atoms with Crippen LogP contribution in [0, 0.1) is 11.8 Å². The lowest BCUT2D eigenvalue weighted by atomic mass is 10.2. The van der Waals surface area contributed by atoms with Crippen LogP contribution in [0.2, 0.25) is 0 Å². The second kappa shape index (κ2) is 13.1. The minimum atomic E-state index is 0.500. The van der Waals surface area contributed by atoms with Crippen LogP contribution in [0.5, 0.6) is 0 Å². The average Bonchev–Trinajstić information content (AvgIpc) is 2.65. The van der Waals surface area contributed by atoms with Gasteiger partial charge < -0.3 is 10.4 Å². The Balaban J connectivity index is 0. The van der Waals surface area contributed by atoms with Crippen molar-refractivity contribution in [2.75, 3.05) is 13.7 Å². The SMILES string of the molecule is CC.CC#CC1CCCN1.CO. The number of hydrogen-bond acceptors (Lipinski definition) is 2. The summed E-state index contributed by atoms with van der Waals surface area (Å²) < 4.78 is 0. The van der Waals surface area contributed by atoms with Crippen LogP contribution in [-0.2, 0) is 0 Å². The number of aliphatic hydroxyl groups excluding tert-OH is 1. The quantitative estimate of drug-likeness (QED) is 0.540. The molecule has 1 aliphatic rings. The van der Waals surface area contributed by atoms with Gasteiger partial charge in [-0.25, -0.2) is 0 Å². The van der Waals surface area contributed by atoms with E-state index in [1.165, 1.54) is 12.8 Å². The topological polar surface area (TPSA) is 32.3 Å². The molecule has 1 atom stereocenters. The molecule has 2 nitrogen and oxygen atoms in total. The van der Waals surface area contributed by atoms with Crippen LogP contribution in [-0.4, -0.2) is 24.8 Å². The van der Waals surface area contributed by atoms with Gasteiger partial charge in [-0.05, 0) is 26.3 Å². The van der Waals surface area contributed by atoms with Gasteiger partial charge >= 0.3 is 0 Å². The van der Waals surface area contributed by atoms with Crippen molar-refractivity contribution in [3.8, 4) is 11.8 Å². The van der Waals surface area contributed by atoms with Crippen molar-refractivity contribution in [1.29, 1.82) is 0 Å². The van der Waals surface area contributed by atoms with Crippen molar-refractivity contribution in [1.82, 2.24) is 5.32 Å². The molecule has 0 radical (unpaired) electrons. The van der Waals surface area contributed by atoms with Crippen molar-refractivity contribution in [3.05, 3.63) is 0 Å². The Labute approximate surface area is 76.4 Å². The zero-order valence-electron chi connectivity index (χ0n) is 8.65. The lowest BCUT2D eigenvalue weighted by molar-refractivity contribution is 0.399. The van der Waals surface area contributed by atoms with Gasteiger partial charge in [-0.2, -0.15) is 0 Å². The lowest BCUT2D eigenvalue weighted by Crippen LogP contribution is -2.18. The molecule has 2 N–H and O–H groups in total. The third-order valence-electron chi connectivity index (χ3n) is 1.38. The molecule has 1 saturated heterocycles. The zero-order valence-corrected chi connectivity index (χ0v) is 8.65. The highest BCUT2D eigenvalue weighted by molar-refractivity contribution is 5.06. The second-order valence-corrected chi connectivity index (χ2v) is 2.04. The number of aliphatic hydroxyl groups is 1. The third kappa shape index (κ3) is 7.59. The maximum Gasteiger partial charge on any atom is 0.0689 e. The molecule has 0 aromatic heterocycles. The largest absolute Gasteiger partial charge is 0.400 e. The average molecular weight is 171 g/mol. The molecule has 1 fully saturated rings. The predicted molar refractivity (Wildman–Crippen MR) is 54.0 cm³/mol. The smallest absolute Gasteiger partial charge is 0.0689 e. The zero-order chi connectivity index (χ0) is 9.82. The summed E-state index contributed by atoms with van der Waals surface area (Å²) in [5.41, 5.74) is 0. The highest BCUT2D eigenvalue weighted by Crippen LogP contribution is 2.02. The molecule has 0 aromatic carbocycles. The van der Waals surface area contributed by atoms with Crippen molar-refractivity contribution < 1.29 is 5.11 Å². The van der Waals surface area contributed by atoms with Crippen LogP contribution in [0.25, 0.3) is 0 Å². The summed E-state index contributed by atoms with van der Waals surface area (Å²) >= 11 is 0. The Morgan fingerprint density at radius 3 is 2.25 bits per heavy atom. The molecule has 0 aliphatic carbocycles. The molecule has 0 bridgehead atoms. The molecule has 1 rings (SSSR count). The van der Waals surface area contributed by atoms with Gasteiger partial charge in [-0.15, -0.1) is 5.92 Å². The van der Waals surface area contributed by atoms with Gasteiger partial charge in [-0.3, -0.25) is 0 Å². The molecular formula is C10H21NO. The molecular weight excluding hydrogens is 150 g/mol. The van der Waals surface area contributed by atoms with E-state index in [0.29, 0.717) is 6.04 Å². The number of nitrogens with one attached hydrogen (secondary N) is 1. The molecule has 1 aliphatic heterocycles. The van der Waals surface area contributed by atoms with Crippen LogP contribution in [0.3, 0.4) is 0 Å². The molecule has 0 saturated carbocycles. The van der Waals surface area contributed by atoms with Crippen LogP contribution in [0.4, 0.5) is 0 Å². The van der Waals surface area contributed by atoms with Gasteiger partial charge in [0, 0.05) is 7.11 Å². The Hall–Kier alpha value is -0.520. The lowest BCUT2D eigenvalue weighted by Gasteiger charge is -1.95. The van der Waals surface area contributed by atoms with Crippen LogP contribution in [0.15, 0.2) is 0 Å². The molecule has 2 heteroatoms. The van der Waals surface area contributed by atoms with Gasteiger partial charge in [0.1, 0.15) is 0 Å². The monoisotopic (exact) mass is 171 g/mol. The molecule has 1 unspecified atom stereocenters. The first kappa shape index (κ1) is 14.0. The van der Waals surface area contributed by atoms with E-state index in [1.807, 2.05) is 20.8 Å². The van der Waals surface area contributed by atoms with E-state index >= 15 is 0 Å². The fourth-order valence-corrected chi connectivity index (χ4v) is 0.982. The summed E-state index contributed by atoms with van der Waals surface area (Å²) in [5, 5.41) is 10.3. The minimum absolute atomic E-state index is 0.500. The van der Waals surface area contributed by atoms with E-state index in [1.54, 1.807) is 0 Å². The summed E-state index contributed by atoms with van der Waals surface area (Å²) in [7, 11) is 1.00. The summed E-state index contributed by atoms with van der Waals surface area (Å²) in [5.74, 6) is 5.98. The van der Waals surface area contributed by atoms with Crippen LogP contribution < -0.4 is 5.32 Å². The molecule has 72 valence electrons.